The van der Waals surface area contributed by atoms with Gasteiger partial charge in [0.1, 0.15) is 28.5 Å². The molecule has 5 aromatic carbocycles. The molecule has 0 atom stereocenters. The van der Waals surface area contributed by atoms with E-state index in [0.717, 1.165) is 24.5 Å². The van der Waals surface area contributed by atoms with E-state index >= 15 is 0 Å². The molecule has 0 saturated carbocycles. The van der Waals surface area contributed by atoms with Gasteiger partial charge in [0, 0.05) is 38.7 Å². The Morgan fingerprint density at radius 2 is 0.857 bits per heavy atom. The Bertz CT molecular complexity index is 2860. The molecule has 2 amide bonds. The highest BCUT2D eigenvalue weighted by atomic mass is 35.7. The summed E-state index contributed by atoms with van der Waals surface area (Å²) in [7, 11) is 1.31. The van der Waals surface area contributed by atoms with Crippen LogP contribution in [0.15, 0.2) is 109 Å². The number of benzene rings is 5. The largest absolute Gasteiger partial charge is 0.508 e. The smallest absolute Gasteiger partial charge is 0.412 e. The molecule has 0 aliphatic carbocycles. The van der Waals surface area contributed by atoms with E-state index < -0.39 is 56.3 Å². The molecule has 17 nitrogen and oxygen atoms in total. The number of esters is 2. The van der Waals surface area contributed by atoms with E-state index in [9.17, 15) is 37.2 Å². The average Bonchev–Trinajstić information content (AvgIpc) is 3.24. The lowest BCUT2D eigenvalue weighted by Gasteiger charge is -2.20. The highest BCUT2D eigenvalue weighted by Crippen LogP contribution is 2.23. The number of nitrogens with one attached hydrogen (secondary N) is 2. The Morgan fingerprint density at radius 3 is 1.16 bits per heavy atom. The number of anilines is 2. The second kappa shape index (κ2) is 26.0. The van der Waals surface area contributed by atoms with E-state index in [2.05, 4.69) is 39.1 Å². The summed E-state index contributed by atoms with van der Waals surface area (Å²) in [6, 6.07) is 26.7. The highest BCUT2D eigenvalue weighted by molar-refractivity contribution is 8.13. The van der Waals surface area contributed by atoms with Crippen molar-refractivity contribution in [3.63, 3.8) is 0 Å². The number of phenols is 1. The van der Waals surface area contributed by atoms with Gasteiger partial charge >= 0.3 is 36.1 Å². The maximum atomic E-state index is 12.9. The standard InChI is InChI=1S/C29H23NO6.C13H15NO6.C8H6O.CH3ClO2S/c1-6-19-10-8-12-24(14-19)34-26(31)21-16-22(18-23(17-21)30-28(33)36-29(3,4)5)27(32)35-25-13-9-11-20(7-2)15-25;1-13(2,3)20-12(19)14-9-5-7(10(15)16)4-8(6-9)11(17)18;1-2-7-4-3-5-8(9)6-7;1-5(2,3)4/h1-2,8-18H,3-5H3,(H,30,33);4-6H,1-3H3,(H,14,19)(H,15,16)(H,17,18);1,3-6,9H;1H3. The summed E-state index contributed by atoms with van der Waals surface area (Å²) >= 11 is 0. The molecule has 0 aliphatic rings. The third-order valence-electron chi connectivity index (χ3n) is 7.56. The number of amides is 2. The molecule has 5 aromatic rings. The summed E-state index contributed by atoms with van der Waals surface area (Å²) in [5.74, 6) is 3.84. The van der Waals surface area contributed by atoms with Gasteiger partial charge in [0.05, 0.1) is 28.5 Å². The van der Waals surface area contributed by atoms with E-state index in [1.807, 2.05) is 0 Å². The number of phenolic OH excluding ortho intramolecular Hbond substituents is 1. The topological polar surface area (TPSA) is 258 Å². The Hall–Kier alpha value is -8.76. The molecule has 19 heteroatoms. The average molecular weight is 995 g/mol. The third-order valence-corrected chi connectivity index (χ3v) is 7.56. The van der Waals surface area contributed by atoms with E-state index in [1.54, 1.807) is 102 Å². The molecule has 0 fully saturated rings. The lowest BCUT2D eigenvalue weighted by molar-refractivity contribution is 0.0624. The van der Waals surface area contributed by atoms with E-state index in [0.29, 0.717) is 16.7 Å². The molecule has 70 heavy (non-hydrogen) atoms. The number of hydrogen-bond donors (Lipinski definition) is 5. The van der Waals surface area contributed by atoms with Crippen molar-refractivity contribution in [2.24, 2.45) is 0 Å². The van der Waals surface area contributed by atoms with E-state index in [1.165, 1.54) is 30.3 Å². The van der Waals surface area contributed by atoms with Crippen LogP contribution < -0.4 is 20.1 Å². The van der Waals surface area contributed by atoms with Crippen LogP contribution in [0.5, 0.6) is 17.2 Å². The Labute approximate surface area is 409 Å². The molecular formula is C51H47ClN2O15S. The lowest BCUT2D eigenvalue weighted by Crippen LogP contribution is -2.27. The lowest BCUT2D eigenvalue weighted by atomic mass is 10.1. The van der Waals surface area contributed by atoms with Crippen LogP contribution in [0.2, 0.25) is 0 Å². The number of rotatable bonds is 8. The van der Waals surface area contributed by atoms with Crippen LogP contribution in [0.3, 0.4) is 0 Å². The number of terminal acetylenes is 3. The molecule has 0 aromatic heterocycles. The number of carbonyl (C=O) groups is 6. The van der Waals surface area contributed by atoms with Gasteiger partial charge in [-0.05, 0) is 133 Å². The fraction of sp³-hybridized carbons (Fsp3) is 0.176. The van der Waals surface area contributed by atoms with Gasteiger partial charge in [-0.2, -0.15) is 0 Å². The molecule has 0 saturated heterocycles. The zero-order chi connectivity index (χ0) is 53.0. The van der Waals surface area contributed by atoms with Gasteiger partial charge in [0.25, 0.3) is 0 Å². The zero-order valence-electron chi connectivity index (χ0n) is 38.7. The summed E-state index contributed by atoms with van der Waals surface area (Å²) in [4.78, 5) is 71.5. The minimum Gasteiger partial charge on any atom is -0.508 e. The van der Waals surface area contributed by atoms with Gasteiger partial charge in [-0.25, -0.2) is 37.2 Å². The molecule has 5 rings (SSSR count). The normalized spacial score (nSPS) is 10.3. The number of aromatic hydroxyl groups is 1. The number of ether oxygens (including phenoxy) is 4. The number of halogens is 1. The second-order valence-electron chi connectivity index (χ2n) is 16.0. The Morgan fingerprint density at radius 1 is 0.543 bits per heavy atom. The predicted octanol–water partition coefficient (Wildman–Crippen LogP) is 9.42. The van der Waals surface area contributed by atoms with Crippen LogP contribution in [-0.2, 0) is 18.5 Å². The van der Waals surface area contributed by atoms with Gasteiger partial charge in [0.15, 0.2) is 0 Å². The van der Waals surface area contributed by atoms with Gasteiger partial charge in [-0.1, -0.05) is 36.0 Å². The minimum absolute atomic E-state index is 0.0148. The number of carboxylic acids is 2. The van der Waals surface area contributed by atoms with E-state index in [4.69, 9.17) is 53.5 Å². The quantitative estimate of drug-likeness (QED) is 0.0420. The van der Waals surface area contributed by atoms with Crippen molar-refractivity contribution in [3.05, 3.63) is 148 Å². The molecule has 5 N–H and O–H groups in total. The number of hydrogen-bond acceptors (Lipinski definition) is 13. The number of carbonyl (C=O) groups excluding carboxylic acids is 4. The van der Waals surface area contributed by atoms with Crippen molar-refractivity contribution in [2.45, 2.75) is 52.7 Å². The summed E-state index contributed by atoms with van der Waals surface area (Å²) < 4.78 is 39.9. The SMILES string of the molecule is C#Cc1cccc(O)c1.C#Cc1cccc(OC(=O)c2cc(NC(=O)OC(C)(C)C)cc(C(=O)Oc3cccc(C#C)c3)c2)c1.CC(C)(C)OC(=O)Nc1cc(C(=O)O)cc(C(=O)O)c1.CS(=O)(=O)Cl. The molecule has 0 bridgehead atoms. The Kier molecular flexibility index (Phi) is 21.3. The molecule has 0 unspecified atom stereocenters. The van der Waals surface area contributed by atoms with Crippen LogP contribution in [0, 0.1) is 37.0 Å². The number of aromatic carboxylic acids is 2. The summed E-state index contributed by atoms with van der Waals surface area (Å²) in [5.41, 5.74) is -0.0635. The van der Waals surface area contributed by atoms with Crippen molar-refractivity contribution in [1.29, 1.82) is 0 Å². The first-order chi connectivity index (χ1) is 32.5. The van der Waals surface area contributed by atoms with Crippen LogP contribution in [0.25, 0.3) is 0 Å². The number of carboxylic acid groups (broad SMARTS) is 2. The van der Waals surface area contributed by atoms with Crippen molar-refractivity contribution in [3.8, 4) is 54.3 Å². The summed E-state index contributed by atoms with van der Waals surface area (Å²) in [6.45, 7) is 10.1. The van der Waals surface area contributed by atoms with Crippen LogP contribution in [0.4, 0.5) is 21.0 Å². The van der Waals surface area contributed by atoms with E-state index in [-0.39, 0.29) is 50.9 Å². The van der Waals surface area contributed by atoms with Gasteiger partial charge in [-0.15, -0.1) is 19.3 Å². The van der Waals surface area contributed by atoms with Crippen molar-refractivity contribution < 1.29 is 71.5 Å². The zero-order valence-corrected chi connectivity index (χ0v) is 40.2. The first kappa shape index (κ1) is 57.4. The molecule has 0 radical (unpaired) electrons. The van der Waals surface area contributed by atoms with Crippen molar-refractivity contribution in [2.75, 3.05) is 16.9 Å². The summed E-state index contributed by atoms with van der Waals surface area (Å²) in [5, 5.41) is 31.5. The first-order valence-electron chi connectivity index (χ1n) is 20.0. The molecule has 364 valence electrons. The maximum absolute atomic E-state index is 12.9. The molecule has 0 heterocycles. The van der Waals surface area contributed by atoms with Gasteiger partial charge in [0.2, 0.25) is 9.05 Å². The third kappa shape index (κ3) is 23.1. The van der Waals surface area contributed by atoms with Crippen LogP contribution in [-0.4, -0.2) is 77.3 Å². The van der Waals surface area contributed by atoms with Crippen LogP contribution in [0.1, 0.15) is 99.7 Å². The van der Waals surface area contributed by atoms with Crippen molar-refractivity contribution >= 4 is 67.2 Å². The second-order valence-corrected chi connectivity index (χ2v) is 19.0. The predicted molar refractivity (Wildman–Crippen MR) is 262 cm³/mol. The van der Waals surface area contributed by atoms with Crippen LogP contribution >= 0.6 is 10.7 Å². The summed E-state index contributed by atoms with van der Waals surface area (Å²) in [6.07, 6.45) is 15.2. The van der Waals surface area contributed by atoms with Gasteiger partial charge < -0.3 is 34.3 Å². The molecule has 0 spiro atoms. The monoisotopic (exact) mass is 994 g/mol. The molecule has 0 aliphatic heterocycles. The minimum atomic E-state index is -3.19. The van der Waals surface area contributed by atoms with Crippen molar-refractivity contribution in [1.82, 2.24) is 0 Å². The fourth-order valence-electron chi connectivity index (χ4n) is 4.95. The molecular weight excluding hydrogens is 948 g/mol. The maximum Gasteiger partial charge on any atom is 0.412 e. The Balaban J connectivity index is 0.000000409. The first-order valence-corrected chi connectivity index (χ1v) is 22.7. The highest BCUT2D eigenvalue weighted by Gasteiger charge is 2.21. The fourth-order valence-corrected chi connectivity index (χ4v) is 4.95. The van der Waals surface area contributed by atoms with Gasteiger partial charge in [-0.3, -0.25) is 10.6 Å².